The van der Waals surface area contributed by atoms with Gasteiger partial charge in [-0.1, -0.05) is 34.1 Å². The highest BCUT2D eigenvalue weighted by Gasteiger charge is 2.61. The van der Waals surface area contributed by atoms with E-state index in [4.69, 9.17) is 14.5 Å². The van der Waals surface area contributed by atoms with Gasteiger partial charge in [0, 0.05) is 0 Å². The molecule has 3 rings (SSSR count). The lowest BCUT2D eigenvalue weighted by atomic mass is 9.44. The molecule has 2 aliphatic carbocycles. The van der Waals surface area contributed by atoms with E-state index in [0.717, 1.165) is 38.5 Å². The van der Waals surface area contributed by atoms with Crippen LogP contribution in [0.15, 0.2) is 0 Å². The highest BCUT2D eigenvalue weighted by atomic mass is 17.2. The number of hydrogen-bond donors (Lipinski definition) is 1. The van der Waals surface area contributed by atoms with Gasteiger partial charge in [-0.05, 0) is 87.9 Å². The van der Waals surface area contributed by atoms with Gasteiger partial charge in [0.1, 0.15) is 11.7 Å². The van der Waals surface area contributed by atoms with E-state index in [1.807, 2.05) is 6.92 Å². The molecule has 0 unspecified atom stereocenters. The summed E-state index contributed by atoms with van der Waals surface area (Å²) >= 11 is 0. The molecule has 0 radical (unpaired) electrons. The van der Waals surface area contributed by atoms with E-state index in [2.05, 4.69) is 34.6 Å². The van der Waals surface area contributed by atoms with Gasteiger partial charge < -0.3 is 9.84 Å². The first kappa shape index (κ1) is 24.0. The third-order valence-corrected chi connectivity index (χ3v) is 9.42. The van der Waals surface area contributed by atoms with Gasteiger partial charge >= 0.3 is 5.97 Å². The highest BCUT2D eigenvalue weighted by molar-refractivity contribution is 5.72. The second-order valence-electron chi connectivity index (χ2n) is 11.7. The summed E-state index contributed by atoms with van der Waals surface area (Å²) in [6.07, 6.45) is 8.65. The zero-order chi connectivity index (χ0) is 22.4. The lowest BCUT2D eigenvalue weighted by Crippen LogP contribution is -2.62. The number of ether oxygens (including phenoxy) is 1. The minimum absolute atomic E-state index is 0.0553. The third-order valence-electron chi connectivity index (χ3n) is 9.42. The molecular weight excluding hydrogens is 380 g/mol. The zero-order valence-corrected chi connectivity index (χ0v) is 20.3. The number of aliphatic hydroxyl groups is 1. The minimum atomic E-state index is -0.684. The molecule has 3 aliphatic rings. The zero-order valence-electron chi connectivity index (χ0n) is 20.3. The first-order chi connectivity index (χ1) is 13.9. The Kier molecular flexibility index (Phi) is 6.69. The molecule has 3 fully saturated rings. The predicted molar refractivity (Wildman–Crippen MR) is 117 cm³/mol. The first-order valence-electron chi connectivity index (χ1n) is 12.0. The number of fused-ring (bicyclic) bond motifs is 1. The van der Waals surface area contributed by atoms with Gasteiger partial charge in [-0.3, -0.25) is 4.79 Å². The van der Waals surface area contributed by atoms with Crippen molar-refractivity contribution in [3.8, 4) is 0 Å². The Morgan fingerprint density at radius 2 is 1.80 bits per heavy atom. The first-order valence-corrected chi connectivity index (χ1v) is 12.0. The van der Waals surface area contributed by atoms with Crippen molar-refractivity contribution >= 4 is 5.97 Å². The summed E-state index contributed by atoms with van der Waals surface area (Å²) in [5, 5.41) is 12.2. The van der Waals surface area contributed by atoms with Gasteiger partial charge in [-0.15, -0.1) is 0 Å². The number of methoxy groups -OCH3 is 1. The van der Waals surface area contributed by atoms with Crippen LogP contribution >= 0.6 is 0 Å². The molecule has 5 heteroatoms. The fourth-order valence-electron chi connectivity index (χ4n) is 7.11. The summed E-state index contributed by atoms with van der Waals surface area (Å²) in [5.41, 5.74) is -0.891. The van der Waals surface area contributed by atoms with Crippen LogP contribution in [0.1, 0.15) is 99.3 Å². The molecule has 1 N–H and O–H groups in total. The normalized spacial score (nSPS) is 44.7. The molecular formula is C25H44O5. The van der Waals surface area contributed by atoms with Crippen LogP contribution in [0, 0.1) is 28.6 Å². The van der Waals surface area contributed by atoms with Gasteiger partial charge in [0.05, 0.1) is 18.6 Å². The van der Waals surface area contributed by atoms with Crippen molar-refractivity contribution in [3.63, 3.8) is 0 Å². The van der Waals surface area contributed by atoms with E-state index >= 15 is 0 Å². The second-order valence-corrected chi connectivity index (χ2v) is 11.7. The van der Waals surface area contributed by atoms with Crippen molar-refractivity contribution in [2.75, 3.05) is 7.11 Å². The van der Waals surface area contributed by atoms with Crippen LogP contribution < -0.4 is 0 Å². The summed E-state index contributed by atoms with van der Waals surface area (Å²) in [6, 6.07) is 0. The molecule has 0 aromatic rings. The molecule has 0 bridgehead atoms. The van der Waals surface area contributed by atoms with Crippen LogP contribution in [0.5, 0.6) is 0 Å². The van der Waals surface area contributed by atoms with E-state index < -0.39 is 11.2 Å². The number of rotatable bonds is 5. The van der Waals surface area contributed by atoms with Crippen LogP contribution in [-0.2, 0) is 19.3 Å². The topological polar surface area (TPSA) is 65.0 Å². The van der Waals surface area contributed by atoms with Crippen molar-refractivity contribution < 1.29 is 24.4 Å². The molecule has 0 aromatic carbocycles. The van der Waals surface area contributed by atoms with E-state index in [1.54, 1.807) is 0 Å². The van der Waals surface area contributed by atoms with E-state index in [1.165, 1.54) is 26.4 Å². The molecule has 0 amide bonds. The number of carbonyl (C=O) groups excluding carboxylic acids is 1. The average molecular weight is 425 g/mol. The van der Waals surface area contributed by atoms with Crippen molar-refractivity contribution in [1.29, 1.82) is 0 Å². The smallest absolute Gasteiger partial charge is 0.311 e. The average Bonchev–Trinajstić information content (AvgIpc) is 2.69. The van der Waals surface area contributed by atoms with Gasteiger partial charge in [0.2, 0.25) is 0 Å². The fraction of sp³-hybridized carbons (Fsp3) is 0.960. The Hall–Kier alpha value is -0.650. The minimum Gasteiger partial charge on any atom is -0.469 e. The third kappa shape index (κ3) is 4.06. The predicted octanol–water partition coefficient (Wildman–Crippen LogP) is 5.44. The van der Waals surface area contributed by atoms with Crippen LogP contribution in [0.2, 0.25) is 0 Å². The molecule has 2 saturated carbocycles. The molecule has 1 heterocycles. The maximum absolute atomic E-state index is 12.2. The standard InChI is InChI=1S/C25H44O5/c1-17-9-10-20-22(3,4)12-8-13-24(20,6)25(17,27)16-15-23(5)14-11-19(29-30-23)18(2)21(26)28-7/h17-20,27H,8-16H2,1-7H3/t17-,18-,19+,20+,23-,24+,25-/m1/s1. The van der Waals surface area contributed by atoms with Crippen LogP contribution in [0.25, 0.3) is 0 Å². The Balaban J connectivity index is 1.69. The number of carbonyl (C=O) groups is 1. The second kappa shape index (κ2) is 8.37. The van der Waals surface area contributed by atoms with Crippen LogP contribution in [0.3, 0.4) is 0 Å². The number of hydrogen-bond acceptors (Lipinski definition) is 5. The fourth-order valence-corrected chi connectivity index (χ4v) is 7.11. The monoisotopic (exact) mass is 424 g/mol. The Morgan fingerprint density at radius 3 is 2.40 bits per heavy atom. The number of esters is 1. The lowest BCUT2D eigenvalue weighted by molar-refractivity contribution is -0.412. The van der Waals surface area contributed by atoms with E-state index in [0.29, 0.717) is 5.92 Å². The summed E-state index contributed by atoms with van der Waals surface area (Å²) < 4.78 is 4.84. The van der Waals surface area contributed by atoms with E-state index in [-0.39, 0.29) is 34.7 Å². The quantitative estimate of drug-likeness (QED) is 0.470. The molecule has 1 saturated heterocycles. The van der Waals surface area contributed by atoms with Gasteiger partial charge in [0.25, 0.3) is 0 Å². The summed E-state index contributed by atoms with van der Waals surface area (Å²) in [5.74, 6) is 0.233. The maximum atomic E-state index is 12.2. The van der Waals surface area contributed by atoms with Crippen LogP contribution in [0.4, 0.5) is 0 Å². The van der Waals surface area contributed by atoms with Crippen molar-refractivity contribution in [2.24, 2.45) is 28.6 Å². The Bertz CT molecular complexity index is 623. The van der Waals surface area contributed by atoms with Crippen molar-refractivity contribution in [2.45, 2.75) is 117 Å². The van der Waals surface area contributed by atoms with Gasteiger partial charge in [0.15, 0.2) is 0 Å². The van der Waals surface area contributed by atoms with Crippen molar-refractivity contribution in [1.82, 2.24) is 0 Å². The van der Waals surface area contributed by atoms with Crippen LogP contribution in [-0.4, -0.2) is 35.5 Å². The van der Waals surface area contributed by atoms with E-state index in [9.17, 15) is 9.90 Å². The largest absolute Gasteiger partial charge is 0.469 e. The molecule has 7 atom stereocenters. The molecule has 174 valence electrons. The lowest BCUT2D eigenvalue weighted by Gasteiger charge is -2.63. The van der Waals surface area contributed by atoms with Gasteiger partial charge in [-0.25, -0.2) is 9.78 Å². The summed E-state index contributed by atoms with van der Waals surface area (Å²) in [6.45, 7) is 13.3. The summed E-state index contributed by atoms with van der Waals surface area (Å²) in [4.78, 5) is 23.3. The Labute approximate surface area is 183 Å². The highest BCUT2D eigenvalue weighted by Crippen LogP contribution is 2.64. The van der Waals surface area contributed by atoms with Gasteiger partial charge in [-0.2, -0.15) is 0 Å². The maximum Gasteiger partial charge on any atom is 0.311 e. The SMILES string of the molecule is COC(=O)[C@H](C)[C@@H]1CC[C@](C)(CC[C@@]2(O)[C@H](C)CC[C@H]3C(C)(C)CCC[C@@]32C)OO1. The molecule has 0 aromatic heterocycles. The molecule has 1 aliphatic heterocycles. The summed E-state index contributed by atoms with van der Waals surface area (Å²) in [7, 11) is 1.40. The Morgan fingerprint density at radius 1 is 1.10 bits per heavy atom. The molecule has 0 spiro atoms. The molecule has 30 heavy (non-hydrogen) atoms. The molecule has 5 nitrogen and oxygen atoms in total. The van der Waals surface area contributed by atoms with Crippen molar-refractivity contribution in [3.05, 3.63) is 0 Å².